The molecule has 0 saturated carbocycles. The van der Waals surface area contributed by atoms with Gasteiger partial charge in [0, 0.05) is 23.7 Å². The van der Waals surface area contributed by atoms with Crippen LogP contribution in [0.4, 0.5) is 5.69 Å². The number of hydrogen-bond acceptors (Lipinski definition) is 6. The number of halogens is 1. The Morgan fingerprint density at radius 2 is 1.88 bits per heavy atom. The van der Waals surface area contributed by atoms with Gasteiger partial charge in [-0.25, -0.2) is 0 Å². The number of hydrogen-bond donors (Lipinski definition) is 0. The highest BCUT2D eigenvalue weighted by atomic mass is 35.5. The first kappa shape index (κ1) is 16.2. The van der Waals surface area contributed by atoms with Crippen molar-refractivity contribution in [3.05, 3.63) is 69.9 Å². The summed E-state index contributed by atoms with van der Waals surface area (Å²) in [6.45, 7) is 0. The number of nitro groups is 1. The van der Waals surface area contributed by atoms with Crippen molar-refractivity contribution >= 4 is 38.3 Å². The highest BCUT2D eigenvalue weighted by Gasteiger charge is 2.24. The zero-order valence-corrected chi connectivity index (χ0v) is 13.5. The minimum atomic E-state index is -4.37. The van der Waals surface area contributed by atoms with Gasteiger partial charge in [-0.05, 0) is 18.2 Å². The van der Waals surface area contributed by atoms with E-state index >= 15 is 0 Å². The molecule has 7 nitrogen and oxygen atoms in total. The van der Waals surface area contributed by atoms with Crippen LogP contribution in [0.15, 0.2) is 59.6 Å². The molecule has 0 saturated heterocycles. The molecular formula is C15H9ClN2O5S. The molecule has 2 aromatic carbocycles. The Morgan fingerprint density at radius 3 is 2.62 bits per heavy atom. The highest BCUT2D eigenvalue weighted by molar-refractivity contribution is 7.87. The van der Waals surface area contributed by atoms with Gasteiger partial charge >= 0.3 is 10.1 Å². The van der Waals surface area contributed by atoms with Gasteiger partial charge in [-0.2, -0.15) is 8.42 Å². The summed E-state index contributed by atoms with van der Waals surface area (Å²) in [5.41, 5.74) is -0.0530. The van der Waals surface area contributed by atoms with Gasteiger partial charge < -0.3 is 4.18 Å². The largest absolute Gasteiger partial charge is 0.377 e. The molecule has 0 bridgehead atoms. The molecule has 1 aromatic heterocycles. The first-order valence-electron chi connectivity index (χ1n) is 6.61. The summed E-state index contributed by atoms with van der Waals surface area (Å²) in [6, 6.07) is 11.4. The molecule has 0 fully saturated rings. The highest BCUT2D eigenvalue weighted by Crippen LogP contribution is 2.31. The number of para-hydroxylation sites is 1. The third-order valence-electron chi connectivity index (χ3n) is 3.19. The van der Waals surface area contributed by atoms with Gasteiger partial charge in [0.2, 0.25) is 0 Å². The summed E-state index contributed by atoms with van der Waals surface area (Å²) in [4.78, 5) is 13.7. The third kappa shape index (κ3) is 3.01. The average molecular weight is 365 g/mol. The SMILES string of the molecule is O=[N+]([O-])c1ccc(Cl)c(S(=O)(=O)Oc2cccc3cccnc23)c1. The van der Waals surface area contributed by atoms with Crippen LogP contribution in [0.3, 0.4) is 0 Å². The van der Waals surface area contributed by atoms with Crippen LogP contribution < -0.4 is 4.18 Å². The van der Waals surface area contributed by atoms with Crippen molar-refractivity contribution in [3.63, 3.8) is 0 Å². The molecule has 0 unspecified atom stereocenters. The fraction of sp³-hybridized carbons (Fsp3) is 0. The smallest absolute Gasteiger partial charge is 0.341 e. The maximum atomic E-state index is 12.5. The van der Waals surface area contributed by atoms with E-state index in [0.29, 0.717) is 10.9 Å². The summed E-state index contributed by atoms with van der Waals surface area (Å²) < 4.78 is 30.1. The molecule has 0 radical (unpaired) electrons. The van der Waals surface area contributed by atoms with E-state index in [0.717, 1.165) is 18.2 Å². The number of benzene rings is 2. The Morgan fingerprint density at radius 1 is 1.12 bits per heavy atom. The van der Waals surface area contributed by atoms with E-state index in [1.54, 1.807) is 24.3 Å². The zero-order chi connectivity index (χ0) is 17.3. The van der Waals surface area contributed by atoms with Crippen LogP contribution in [-0.4, -0.2) is 18.3 Å². The molecule has 0 atom stereocenters. The molecule has 0 N–H and O–H groups in total. The Kier molecular flexibility index (Phi) is 4.08. The first-order chi connectivity index (χ1) is 11.4. The molecule has 0 amide bonds. The molecule has 0 aliphatic heterocycles. The van der Waals surface area contributed by atoms with Crippen LogP contribution in [0, 0.1) is 10.1 Å². The number of fused-ring (bicyclic) bond motifs is 1. The molecule has 3 rings (SSSR count). The number of nitrogens with zero attached hydrogens (tertiary/aromatic N) is 2. The van der Waals surface area contributed by atoms with Gasteiger partial charge in [-0.1, -0.05) is 29.8 Å². The Balaban J connectivity index is 2.09. The van der Waals surface area contributed by atoms with Gasteiger partial charge in [0.15, 0.2) is 5.75 Å². The predicted molar refractivity (Wildman–Crippen MR) is 87.7 cm³/mol. The van der Waals surface area contributed by atoms with E-state index < -0.39 is 25.6 Å². The zero-order valence-electron chi connectivity index (χ0n) is 11.9. The number of non-ortho nitro benzene ring substituents is 1. The van der Waals surface area contributed by atoms with Crippen molar-refractivity contribution in [2.24, 2.45) is 0 Å². The second-order valence-electron chi connectivity index (χ2n) is 4.74. The Bertz CT molecular complexity index is 1050. The van der Waals surface area contributed by atoms with E-state index in [2.05, 4.69) is 4.98 Å². The van der Waals surface area contributed by atoms with Crippen molar-refractivity contribution in [2.45, 2.75) is 4.90 Å². The maximum absolute atomic E-state index is 12.5. The molecule has 0 aliphatic rings. The monoisotopic (exact) mass is 364 g/mol. The van der Waals surface area contributed by atoms with Crippen molar-refractivity contribution in [3.8, 4) is 5.75 Å². The van der Waals surface area contributed by atoms with Gasteiger partial charge in [-0.15, -0.1) is 0 Å². The number of pyridine rings is 1. The minimum Gasteiger partial charge on any atom is -0.377 e. The van der Waals surface area contributed by atoms with Crippen LogP contribution in [0.2, 0.25) is 5.02 Å². The molecule has 3 aromatic rings. The van der Waals surface area contributed by atoms with Crippen molar-refractivity contribution in [2.75, 3.05) is 0 Å². The summed E-state index contributed by atoms with van der Waals surface area (Å²) in [5.74, 6) is 0.00988. The normalized spacial score (nSPS) is 11.4. The molecular weight excluding hydrogens is 356 g/mol. The average Bonchev–Trinajstić information content (AvgIpc) is 2.55. The lowest BCUT2D eigenvalue weighted by Crippen LogP contribution is -2.11. The van der Waals surface area contributed by atoms with Crippen LogP contribution in [0.25, 0.3) is 10.9 Å². The van der Waals surface area contributed by atoms with Crippen LogP contribution >= 0.6 is 11.6 Å². The van der Waals surface area contributed by atoms with Gasteiger partial charge in [0.1, 0.15) is 10.4 Å². The molecule has 24 heavy (non-hydrogen) atoms. The predicted octanol–water partition coefficient (Wildman–Crippen LogP) is 3.56. The Hall–Kier alpha value is -2.71. The van der Waals surface area contributed by atoms with E-state index in [4.69, 9.17) is 15.8 Å². The van der Waals surface area contributed by atoms with E-state index in [9.17, 15) is 18.5 Å². The van der Waals surface area contributed by atoms with Gasteiger partial charge in [0.05, 0.1) is 9.95 Å². The second kappa shape index (κ2) is 6.06. The van der Waals surface area contributed by atoms with Crippen molar-refractivity contribution < 1.29 is 17.5 Å². The summed E-state index contributed by atoms with van der Waals surface area (Å²) in [6.07, 6.45) is 1.50. The van der Waals surface area contributed by atoms with Crippen molar-refractivity contribution in [1.82, 2.24) is 4.98 Å². The lowest BCUT2D eigenvalue weighted by atomic mass is 10.2. The number of nitro benzene ring substituents is 1. The quantitative estimate of drug-likeness (QED) is 0.398. The number of aromatic nitrogens is 1. The third-order valence-corrected chi connectivity index (χ3v) is 4.91. The number of rotatable bonds is 4. The van der Waals surface area contributed by atoms with Crippen molar-refractivity contribution in [1.29, 1.82) is 0 Å². The first-order valence-corrected chi connectivity index (χ1v) is 8.39. The molecule has 0 spiro atoms. The van der Waals surface area contributed by atoms with Gasteiger partial charge in [-0.3, -0.25) is 15.1 Å². The van der Waals surface area contributed by atoms with Crippen LogP contribution in [0.1, 0.15) is 0 Å². The van der Waals surface area contributed by atoms with Crippen LogP contribution in [0.5, 0.6) is 5.75 Å². The van der Waals surface area contributed by atoms with Crippen LogP contribution in [-0.2, 0) is 10.1 Å². The fourth-order valence-corrected chi connectivity index (χ4v) is 3.54. The molecule has 9 heteroatoms. The molecule has 1 heterocycles. The maximum Gasteiger partial charge on any atom is 0.341 e. The minimum absolute atomic E-state index is 0.00988. The van der Waals surface area contributed by atoms with E-state index in [-0.39, 0.29) is 10.8 Å². The Labute approximate surface area is 141 Å². The summed E-state index contributed by atoms with van der Waals surface area (Å²) in [7, 11) is -4.37. The van der Waals surface area contributed by atoms with Gasteiger partial charge in [0.25, 0.3) is 5.69 Å². The van der Waals surface area contributed by atoms with E-state index in [1.165, 1.54) is 12.3 Å². The van der Waals surface area contributed by atoms with E-state index in [1.807, 2.05) is 0 Å². The summed E-state index contributed by atoms with van der Waals surface area (Å²) >= 11 is 5.87. The summed E-state index contributed by atoms with van der Waals surface area (Å²) in [5, 5.41) is 11.4. The standard InChI is InChI=1S/C15H9ClN2O5S/c16-12-7-6-11(18(19)20)9-14(12)24(21,22)23-13-5-1-3-10-4-2-8-17-15(10)13/h1-9H. The lowest BCUT2D eigenvalue weighted by Gasteiger charge is -2.10. The molecule has 0 aliphatic carbocycles. The molecule has 122 valence electrons. The topological polar surface area (TPSA) is 99.4 Å². The fourth-order valence-electron chi connectivity index (χ4n) is 2.10. The lowest BCUT2D eigenvalue weighted by molar-refractivity contribution is -0.385. The second-order valence-corrected chi connectivity index (χ2v) is 6.66.